The van der Waals surface area contributed by atoms with Crippen molar-refractivity contribution in [2.75, 3.05) is 13.6 Å². The van der Waals surface area contributed by atoms with Crippen LogP contribution in [-0.2, 0) is 18.4 Å². The average Bonchev–Trinajstić information content (AvgIpc) is 2.28. The maximum absolute atomic E-state index is 10.6. The Hall–Kier alpha value is -1.36. The zero-order chi connectivity index (χ0) is 10.7. The molecule has 0 aliphatic rings. The maximum atomic E-state index is 10.6. The van der Waals surface area contributed by atoms with Gasteiger partial charge in [-0.25, -0.2) is 0 Å². The molecule has 1 amide bonds. The number of primary amides is 1. The van der Waals surface area contributed by atoms with E-state index in [4.69, 9.17) is 5.73 Å². The number of amides is 1. The van der Waals surface area contributed by atoms with Crippen LogP contribution in [0.1, 0.15) is 11.3 Å². The molecular weight excluding hydrogens is 180 g/mol. The Balaban J connectivity index is 2.59. The fourth-order valence-corrected chi connectivity index (χ4v) is 1.42. The van der Waals surface area contributed by atoms with E-state index in [1.165, 1.54) is 0 Å². The summed E-state index contributed by atoms with van der Waals surface area (Å²) in [6.07, 6.45) is 1.95. The van der Waals surface area contributed by atoms with Gasteiger partial charge in [-0.3, -0.25) is 14.4 Å². The van der Waals surface area contributed by atoms with Crippen LogP contribution in [0, 0.1) is 6.92 Å². The van der Waals surface area contributed by atoms with Gasteiger partial charge in [0.1, 0.15) is 0 Å². The molecule has 0 aliphatic heterocycles. The van der Waals surface area contributed by atoms with Crippen molar-refractivity contribution < 1.29 is 4.79 Å². The number of hydrogen-bond acceptors (Lipinski definition) is 3. The van der Waals surface area contributed by atoms with E-state index < -0.39 is 0 Å². The lowest BCUT2D eigenvalue weighted by Crippen LogP contribution is -2.30. The van der Waals surface area contributed by atoms with Gasteiger partial charge in [0.25, 0.3) is 0 Å². The second kappa shape index (κ2) is 4.23. The molecule has 0 saturated heterocycles. The highest BCUT2D eigenvalue weighted by Gasteiger charge is 2.07. The number of nitrogens with two attached hydrogens (primary N) is 1. The lowest BCUT2D eigenvalue weighted by molar-refractivity contribution is -0.118. The van der Waals surface area contributed by atoms with Gasteiger partial charge in [0.05, 0.1) is 12.2 Å². The number of hydrogen-bond donors (Lipinski definition) is 1. The molecule has 0 spiro atoms. The summed E-state index contributed by atoms with van der Waals surface area (Å²) in [6, 6.07) is 0. The van der Waals surface area contributed by atoms with E-state index in [1.54, 1.807) is 4.68 Å². The largest absolute Gasteiger partial charge is 0.369 e. The minimum absolute atomic E-state index is 0.272. The number of aromatic nitrogens is 2. The molecule has 78 valence electrons. The predicted octanol–water partition coefficient (Wildman–Crippen LogP) is -0.354. The molecule has 0 unspecified atom stereocenters. The molecule has 1 rings (SSSR count). The zero-order valence-electron chi connectivity index (χ0n) is 8.82. The highest BCUT2D eigenvalue weighted by atomic mass is 16.1. The molecule has 0 aromatic carbocycles. The second-order valence-corrected chi connectivity index (χ2v) is 3.55. The molecule has 5 nitrogen and oxygen atoms in total. The van der Waals surface area contributed by atoms with Crippen molar-refractivity contribution in [1.82, 2.24) is 14.7 Å². The van der Waals surface area contributed by atoms with Crippen LogP contribution >= 0.6 is 0 Å². The van der Waals surface area contributed by atoms with E-state index in [1.807, 2.05) is 32.1 Å². The molecule has 0 bridgehead atoms. The summed E-state index contributed by atoms with van der Waals surface area (Å²) in [7, 11) is 3.74. The van der Waals surface area contributed by atoms with Crippen LogP contribution in [0.4, 0.5) is 0 Å². The third kappa shape index (κ3) is 2.85. The summed E-state index contributed by atoms with van der Waals surface area (Å²) in [5, 5.41) is 4.22. The highest BCUT2D eigenvalue weighted by molar-refractivity contribution is 5.75. The first kappa shape index (κ1) is 10.7. The number of carbonyl (C=O) groups excluding carboxylic acids is 1. The third-order valence-electron chi connectivity index (χ3n) is 1.98. The van der Waals surface area contributed by atoms with Crippen LogP contribution in [0.5, 0.6) is 0 Å². The predicted molar refractivity (Wildman–Crippen MR) is 53.5 cm³/mol. The molecule has 5 heteroatoms. The van der Waals surface area contributed by atoms with E-state index in [-0.39, 0.29) is 12.5 Å². The van der Waals surface area contributed by atoms with Gasteiger partial charge in [-0.05, 0) is 14.0 Å². The molecule has 0 atom stereocenters. The van der Waals surface area contributed by atoms with Crippen molar-refractivity contribution in [3.63, 3.8) is 0 Å². The van der Waals surface area contributed by atoms with Crippen molar-refractivity contribution in [1.29, 1.82) is 0 Å². The first-order valence-corrected chi connectivity index (χ1v) is 4.45. The molecule has 1 heterocycles. The normalized spacial score (nSPS) is 10.9. The summed E-state index contributed by atoms with van der Waals surface area (Å²) in [6.45, 7) is 2.92. The van der Waals surface area contributed by atoms with Gasteiger partial charge in [-0.1, -0.05) is 0 Å². The van der Waals surface area contributed by atoms with Crippen molar-refractivity contribution in [2.45, 2.75) is 13.5 Å². The summed E-state index contributed by atoms with van der Waals surface area (Å²) in [5.41, 5.74) is 7.20. The van der Waals surface area contributed by atoms with E-state index in [0.717, 1.165) is 11.3 Å². The van der Waals surface area contributed by atoms with E-state index in [9.17, 15) is 4.79 Å². The van der Waals surface area contributed by atoms with Gasteiger partial charge in [0.2, 0.25) is 5.91 Å². The lowest BCUT2D eigenvalue weighted by Gasteiger charge is -2.13. The first-order valence-electron chi connectivity index (χ1n) is 4.45. The monoisotopic (exact) mass is 196 g/mol. The Labute approximate surface area is 83.5 Å². The molecular formula is C9H16N4O. The van der Waals surface area contributed by atoms with Gasteiger partial charge < -0.3 is 5.73 Å². The van der Waals surface area contributed by atoms with Crippen LogP contribution in [0.2, 0.25) is 0 Å². The summed E-state index contributed by atoms with van der Waals surface area (Å²) in [5.74, 6) is -0.311. The van der Waals surface area contributed by atoms with Crippen molar-refractivity contribution in [2.24, 2.45) is 12.8 Å². The third-order valence-corrected chi connectivity index (χ3v) is 1.98. The van der Waals surface area contributed by atoms with Gasteiger partial charge in [-0.15, -0.1) is 0 Å². The molecule has 0 radical (unpaired) electrons. The first-order chi connectivity index (χ1) is 6.49. The van der Waals surface area contributed by atoms with E-state index in [0.29, 0.717) is 6.54 Å². The molecule has 2 N–H and O–H groups in total. The van der Waals surface area contributed by atoms with Gasteiger partial charge in [0.15, 0.2) is 0 Å². The number of carbonyl (C=O) groups is 1. The minimum atomic E-state index is -0.311. The molecule has 0 aliphatic carbocycles. The van der Waals surface area contributed by atoms with Gasteiger partial charge in [-0.2, -0.15) is 5.10 Å². The molecule has 0 fully saturated rings. The number of rotatable bonds is 4. The quantitative estimate of drug-likeness (QED) is 0.715. The Bertz CT molecular complexity index is 332. The molecule has 0 saturated carbocycles. The van der Waals surface area contributed by atoms with Crippen LogP contribution in [0.25, 0.3) is 0 Å². The van der Waals surface area contributed by atoms with Gasteiger partial charge in [0, 0.05) is 25.4 Å². The van der Waals surface area contributed by atoms with Crippen molar-refractivity contribution in [3.05, 3.63) is 17.5 Å². The molecule has 1 aromatic rings. The van der Waals surface area contributed by atoms with Crippen LogP contribution in [0.3, 0.4) is 0 Å². The number of likely N-dealkylation sites (N-methyl/N-ethyl adjacent to an activating group) is 1. The van der Waals surface area contributed by atoms with Crippen molar-refractivity contribution in [3.8, 4) is 0 Å². The standard InChI is InChI=1S/C9H16N4O/c1-7-8(5-13(3)11-7)4-12(2)6-9(10)14/h5H,4,6H2,1-3H3,(H2,10,14). The fraction of sp³-hybridized carbons (Fsp3) is 0.556. The Morgan fingerprint density at radius 3 is 2.79 bits per heavy atom. The smallest absolute Gasteiger partial charge is 0.231 e. The maximum Gasteiger partial charge on any atom is 0.231 e. The number of aryl methyl sites for hydroxylation is 2. The summed E-state index contributed by atoms with van der Waals surface area (Å²) in [4.78, 5) is 12.5. The lowest BCUT2D eigenvalue weighted by atomic mass is 10.2. The second-order valence-electron chi connectivity index (χ2n) is 3.55. The molecule has 14 heavy (non-hydrogen) atoms. The zero-order valence-corrected chi connectivity index (χ0v) is 8.82. The Morgan fingerprint density at radius 1 is 1.71 bits per heavy atom. The van der Waals surface area contributed by atoms with Gasteiger partial charge >= 0.3 is 0 Å². The van der Waals surface area contributed by atoms with E-state index >= 15 is 0 Å². The Morgan fingerprint density at radius 2 is 2.36 bits per heavy atom. The Kier molecular flexibility index (Phi) is 3.24. The highest BCUT2D eigenvalue weighted by Crippen LogP contribution is 2.06. The SMILES string of the molecule is Cc1nn(C)cc1CN(C)CC(N)=O. The van der Waals surface area contributed by atoms with Crippen molar-refractivity contribution >= 4 is 5.91 Å². The minimum Gasteiger partial charge on any atom is -0.369 e. The summed E-state index contributed by atoms with van der Waals surface area (Å²) < 4.78 is 1.77. The molecule has 1 aromatic heterocycles. The van der Waals surface area contributed by atoms with Crippen LogP contribution in [0.15, 0.2) is 6.20 Å². The van der Waals surface area contributed by atoms with Crippen LogP contribution in [-0.4, -0.2) is 34.2 Å². The average molecular weight is 196 g/mol. The topological polar surface area (TPSA) is 64.2 Å². The summed E-state index contributed by atoms with van der Waals surface area (Å²) >= 11 is 0. The fourth-order valence-electron chi connectivity index (χ4n) is 1.42. The number of nitrogens with zero attached hydrogens (tertiary/aromatic N) is 3. The van der Waals surface area contributed by atoms with E-state index in [2.05, 4.69) is 5.10 Å². The van der Waals surface area contributed by atoms with Crippen LogP contribution < -0.4 is 5.73 Å².